The molecule has 0 atom stereocenters. The molecule has 0 aliphatic rings. The number of aromatic amines is 1. The quantitative estimate of drug-likeness (QED) is 0.779. The number of nitrogens with one attached hydrogen (secondary N) is 1. The predicted molar refractivity (Wildman–Crippen MR) is 61.8 cm³/mol. The number of rotatable bonds is 2. The molecule has 0 radical (unpaired) electrons. The Hall–Kier alpha value is -1.75. The topological polar surface area (TPSA) is 66.0 Å². The Morgan fingerprint density at radius 2 is 2.00 bits per heavy atom. The summed E-state index contributed by atoms with van der Waals surface area (Å²) in [6, 6.07) is 8.20. The van der Waals surface area contributed by atoms with Crippen molar-refractivity contribution in [2.45, 2.75) is 16.8 Å². The summed E-state index contributed by atoms with van der Waals surface area (Å²) in [6.07, 6.45) is 0. The first-order valence-electron chi connectivity index (χ1n) is 4.68. The van der Waals surface area contributed by atoms with E-state index < -0.39 is 0 Å². The van der Waals surface area contributed by atoms with Crippen molar-refractivity contribution >= 4 is 11.8 Å². The van der Waals surface area contributed by atoms with Crippen molar-refractivity contribution in [1.82, 2.24) is 9.97 Å². The lowest BCUT2D eigenvalue weighted by molar-refractivity contribution is 0.475. The van der Waals surface area contributed by atoms with Gasteiger partial charge in [-0.05, 0) is 31.2 Å². The van der Waals surface area contributed by atoms with Gasteiger partial charge in [0, 0.05) is 11.0 Å². The van der Waals surface area contributed by atoms with Crippen LogP contribution in [0.4, 0.5) is 0 Å². The summed E-state index contributed by atoms with van der Waals surface area (Å²) < 4.78 is 0. The van der Waals surface area contributed by atoms with E-state index in [4.69, 9.17) is 5.11 Å². The van der Waals surface area contributed by atoms with E-state index in [1.54, 1.807) is 31.2 Å². The minimum absolute atomic E-state index is 0.159. The first-order chi connectivity index (χ1) is 7.63. The van der Waals surface area contributed by atoms with Crippen molar-refractivity contribution in [3.05, 3.63) is 46.5 Å². The van der Waals surface area contributed by atoms with Gasteiger partial charge in [0.2, 0.25) is 0 Å². The van der Waals surface area contributed by atoms with Gasteiger partial charge < -0.3 is 10.1 Å². The van der Waals surface area contributed by atoms with E-state index >= 15 is 0 Å². The molecule has 0 spiro atoms. The van der Waals surface area contributed by atoms with Gasteiger partial charge in [-0.2, -0.15) is 0 Å². The third-order valence-electron chi connectivity index (χ3n) is 1.90. The van der Waals surface area contributed by atoms with Crippen LogP contribution in [0.25, 0.3) is 0 Å². The molecule has 0 saturated carbocycles. The molecule has 1 aromatic carbocycles. The van der Waals surface area contributed by atoms with Gasteiger partial charge in [0.15, 0.2) is 0 Å². The summed E-state index contributed by atoms with van der Waals surface area (Å²) in [5, 5.41) is 9.78. The highest BCUT2D eigenvalue weighted by atomic mass is 32.2. The Balaban J connectivity index is 2.26. The molecule has 0 bridgehead atoms. The van der Waals surface area contributed by atoms with Crippen LogP contribution >= 0.6 is 11.8 Å². The van der Waals surface area contributed by atoms with Crippen molar-refractivity contribution in [2.75, 3.05) is 0 Å². The minimum atomic E-state index is -0.159. The number of hydrogen-bond donors (Lipinski definition) is 2. The fourth-order valence-corrected chi connectivity index (χ4v) is 2.10. The normalized spacial score (nSPS) is 10.3. The summed E-state index contributed by atoms with van der Waals surface area (Å²) in [6.45, 7) is 1.74. The Bertz CT molecular complexity index is 549. The van der Waals surface area contributed by atoms with E-state index in [0.717, 1.165) is 4.90 Å². The average molecular weight is 234 g/mol. The van der Waals surface area contributed by atoms with Crippen molar-refractivity contribution in [3.8, 4) is 5.75 Å². The van der Waals surface area contributed by atoms with Gasteiger partial charge in [0.05, 0.1) is 0 Å². The van der Waals surface area contributed by atoms with Crippen LogP contribution in [0, 0.1) is 6.92 Å². The summed E-state index contributed by atoms with van der Waals surface area (Å²) in [5.41, 5.74) is -0.159. The fraction of sp³-hybridized carbons (Fsp3) is 0.0909. The molecule has 2 aromatic rings. The van der Waals surface area contributed by atoms with Gasteiger partial charge in [-0.15, -0.1) is 0 Å². The van der Waals surface area contributed by atoms with Crippen LogP contribution in [0.1, 0.15) is 5.82 Å². The van der Waals surface area contributed by atoms with Gasteiger partial charge in [0.1, 0.15) is 16.6 Å². The third-order valence-corrected chi connectivity index (χ3v) is 2.82. The maximum atomic E-state index is 11.2. The Labute approximate surface area is 96.4 Å². The third kappa shape index (κ3) is 2.64. The first kappa shape index (κ1) is 10.8. The number of nitrogens with zero attached hydrogens (tertiary/aromatic N) is 1. The lowest BCUT2D eigenvalue weighted by atomic mass is 10.3. The van der Waals surface area contributed by atoms with Crippen molar-refractivity contribution in [2.24, 2.45) is 0 Å². The van der Waals surface area contributed by atoms with Crippen LogP contribution in [0.3, 0.4) is 0 Å². The number of benzene rings is 1. The van der Waals surface area contributed by atoms with Crippen LogP contribution in [0.5, 0.6) is 5.75 Å². The second-order valence-corrected chi connectivity index (χ2v) is 4.36. The van der Waals surface area contributed by atoms with Crippen LogP contribution in [0.2, 0.25) is 0 Å². The lowest BCUT2D eigenvalue weighted by Crippen LogP contribution is -2.07. The van der Waals surface area contributed by atoms with Crippen LogP contribution in [0.15, 0.2) is 45.0 Å². The molecule has 0 unspecified atom stereocenters. The van der Waals surface area contributed by atoms with Crippen LogP contribution in [-0.4, -0.2) is 15.1 Å². The van der Waals surface area contributed by atoms with E-state index in [-0.39, 0.29) is 11.3 Å². The summed E-state index contributed by atoms with van der Waals surface area (Å²) in [5.74, 6) is 0.813. The predicted octanol–water partition coefficient (Wildman–Crippen LogP) is 1.94. The lowest BCUT2D eigenvalue weighted by Gasteiger charge is -2.01. The minimum Gasteiger partial charge on any atom is -0.508 e. The first-order valence-corrected chi connectivity index (χ1v) is 5.50. The van der Waals surface area contributed by atoms with Crippen molar-refractivity contribution in [1.29, 1.82) is 0 Å². The molecule has 1 heterocycles. The molecule has 2 N–H and O–H groups in total. The standard InChI is InChI=1S/C11H10N2O2S/c1-7-12-10(15)6-11(13-7)16-9-4-2-8(14)3-5-9/h2-6,14H,1H3,(H,12,13,15). The second-order valence-electron chi connectivity index (χ2n) is 3.27. The summed E-state index contributed by atoms with van der Waals surface area (Å²) >= 11 is 1.38. The van der Waals surface area contributed by atoms with E-state index in [1.807, 2.05) is 0 Å². The average Bonchev–Trinajstić information content (AvgIpc) is 2.20. The van der Waals surface area contributed by atoms with Gasteiger partial charge in [0.25, 0.3) is 5.56 Å². The zero-order valence-electron chi connectivity index (χ0n) is 8.60. The molecule has 1 aromatic heterocycles. The molecular weight excluding hydrogens is 224 g/mol. The van der Waals surface area contributed by atoms with E-state index in [1.165, 1.54) is 17.8 Å². The number of aromatic nitrogens is 2. The molecule has 2 rings (SSSR count). The molecule has 0 aliphatic carbocycles. The molecule has 4 nitrogen and oxygen atoms in total. The molecule has 5 heteroatoms. The largest absolute Gasteiger partial charge is 0.508 e. The Morgan fingerprint density at radius 3 is 2.62 bits per heavy atom. The molecule has 0 fully saturated rings. The highest BCUT2D eigenvalue weighted by Crippen LogP contribution is 2.26. The zero-order valence-corrected chi connectivity index (χ0v) is 9.41. The molecule has 0 amide bonds. The van der Waals surface area contributed by atoms with Gasteiger partial charge in [-0.25, -0.2) is 4.98 Å². The van der Waals surface area contributed by atoms with Gasteiger partial charge >= 0.3 is 0 Å². The van der Waals surface area contributed by atoms with Crippen molar-refractivity contribution < 1.29 is 5.11 Å². The monoisotopic (exact) mass is 234 g/mol. The maximum Gasteiger partial charge on any atom is 0.251 e. The molecule has 0 saturated heterocycles. The van der Waals surface area contributed by atoms with Crippen molar-refractivity contribution in [3.63, 3.8) is 0 Å². The Morgan fingerprint density at radius 1 is 1.31 bits per heavy atom. The molecular formula is C11H10N2O2S. The van der Waals surface area contributed by atoms with Crippen LogP contribution in [-0.2, 0) is 0 Å². The molecule has 0 aliphatic heterocycles. The summed E-state index contributed by atoms with van der Waals surface area (Å²) in [4.78, 5) is 18.9. The van der Waals surface area contributed by atoms with E-state index in [0.29, 0.717) is 10.9 Å². The maximum absolute atomic E-state index is 11.2. The fourth-order valence-electron chi connectivity index (χ4n) is 1.24. The number of H-pyrrole nitrogens is 1. The number of phenols is 1. The van der Waals surface area contributed by atoms with Crippen LogP contribution < -0.4 is 5.56 Å². The second kappa shape index (κ2) is 4.40. The highest BCUT2D eigenvalue weighted by Gasteiger charge is 2.01. The smallest absolute Gasteiger partial charge is 0.251 e. The van der Waals surface area contributed by atoms with E-state index in [9.17, 15) is 4.79 Å². The Kier molecular flexibility index (Phi) is 2.96. The number of phenolic OH excluding ortho intramolecular Hbond substituents is 1. The van der Waals surface area contributed by atoms with Gasteiger partial charge in [-0.3, -0.25) is 4.79 Å². The van der Waals surface area contributed by atoms with Gasteiger partial charge in [-0.1, -0.05) is 11.8 Å². The SMILES string of the molecule is Cc1nc(Sc2ccc(O)cc2)cc(=O)[nH]1. The number of hydrogen-bond acceptors (Lipinski definition) is 4. The summed E-state index contributed by atoms with van der Waals surface area (Å²) in [7, 11) is 0. The highest BCUT2D eigenvalue weighted by molar-refractivity contribution is 7.99. The number of aromatic hydroxyl groups is 1. The number of aryl methyl sites for hydroxylation is 1. The zero-order chi connectivity index (χ0) is 11.5. The molecule has 82 valence electrons. The van der Waals surface area contributed by atoms with E-state index in [2.05, 4.69) is 9.97 Å². The molecule has 16 heavy (non-hydrogen) atoms.